The fourth-order valence-corrected chi connectivity index (χ4v) is 4.62. The standard InChI is InChI=1S/C17H16ClN3OS/c1-21(10-6-8-11(22)9-7-10)15-14-12-4-2-3-5-13(12)23-16(14)20-17(18)19-15/h6-9,22H,2-5H2,1H3. The lowest BCUT2D eigenvalue weighted by Crippen LogP contribution is -2.12. The summed E-state index contributed by atoms with van der Waals surface area (Å²) in [7, 11) is 1.97. The maximum absolute atomic E-state index is 9.49. The lowest BCUT2D eigenvalue weighted by molar-refractivity contribution is 0.475. The van der Waals surface area contributed by atoms with Gasteiger partial charge in [-0.15, -0.1) is 11.3 Å². The van der Waals surface area contributed by atoms with E-state index in [9.17, 15) is 5.11 Å². The third-order valence-electron chi connectivity index (χ3n) is 4.32. The van der Waals surface area contributed by atoms with E-state index in [-0.39, 0.29) is 11.0 Å². The molecule has 118 valence electrons. The Hall–Kier alpha value is -1.85. The molecule has 0 spiro atoms. The number of aromatic nitrogens is 2. The molecule has 0 unspecified atom stereocenters. The van der Waals surface area contributed by atoms with E-state index < -0.39 is 0 Å². The van der Waals surface area contributed by atoms with Crippen molar-refractivity contribution in [1.82, 2.24) is 9.97 Å². The van der Waals surface area contributed by atoms with Crippen molar-refractivity contribution in [2.24, 2.45) is 0 Å². The molecule has 2 heterocycles. The molecule has 23 heavy (non-hydrogen) atoms. The molecule has 0 atom stereocenters. The highest BCUT2D eigenvalue weighted by atomic mass is 35.5. The molecule has 1 aliphatic rings. The first-order valence-corrected chi connectivity index (χ1v) is 8.83. The summed E-state index contributed by atoms with van der Waals surface area (Å²) in [5.41, 5.74) is 2.34. The zero-order chi connectivity index (χ0) is 16.0. The van der Waals surface area contributed by atoms with Crippen molar-refractivity contribution in [2.75, 3.05) is 11.9 Å². The van der Waals surface area contributed by atoms with Crippen LogP contribution in [-0.2, 0) is 12.8 Å². The van der Waals surface area contributed by atoms with Crippen LogP contribution in [0.3, 0.4) is 0 Å². The number of thiophene rings is 1. The van der Waals surface area contributed by atoms with E-state index >= 15 is 0 Å². The van der Waals surface area contributed by atoms with Crippen LogP contribution >= 0.6 is 22.9 Å². The van der Waals surface area contributed by atoms with E-state index in [0.29, 0.717) is 0 Å². The minimum absolute atomic E-state index is 0.251. The molecular formula is C17H16ClN3OS. The number of hydrogen-bond acceptors (Lipinski definition) is 5. The molecule has 0 fully saturated rings. The summed E-state index contributed by atoms with van der Waals surface area (Å²) in [6.07, 6.45) is 4.65. The Bertz CT molecular complexity index is 876. The first kappa shape index (κ1) is 14.7. The average Bonchev–Trinajstić information content (AvgIpc) is 2.92. The summed E-state index contributed by atoms with van der Waals surface area (Å²) in [5.74, 6) is 1.09. The van der Waals surface area contributed by atoms with Gasteiger partial charge < -0.3 is 10.0 Å². The molecule has 4 nitrogen and oxygen atoms in total. The molecule has 0 radical (unpaired) electrons. The van der Waals surface area contributed by atoms with Gasteiger partial charge in [0, 0.05) is 17.6 Å². The van der Waals surface area contributed by atoms with Crippen LogP contribution < -0.4 is 4.90 Å². The van der Waals surface area contributed by atoms with Gasteiger partial charge in [-0.05, 0) is 67.1 Å². The summed E-state index contributed by atoms with van der Waals surface area (Å²) in [6.45, 7) is 0. The van der Waals surface area contributed by atoms with Crippen molar-refractivity contribution in [2.45, 2.75) is 25.7 Å². The van der Waals surface area contributed by atoms with Gasteiger partial charge in [0.2, 0.25) is 5.28 Å². The van der Waals surface area contributed by atoms with Crippen LogP contribution in [0.4, 0.5) is 11.5 Å². The second-order valence-electron chi connectivity index (χ2n) is 5.78. The van der Waals surface area contributed by atoms with Crippen LogP contribution in [0.15, 0.2) is 24.3 Å². The van der Waals surface area contributed by atoms with Crippen LogP contribution in [-0.4, -0.2) is 22.1 Å². The summed E-state index contributed by atoms with van der Waals surface area (Å²) < 4.78 is 0. The van der Waals surface area contributed by atoms with Crippen molar-refractivity contribution in [3.05, 3.63) is 40.0 Å². The smallest absolute Gasteiger partial charge is 0.225 e. The number of rotatable bonds is 2. The Balaban J connectivity index is 1.91. The van der Waals surface area contributed by atoms with Gasteiger partial charge in [0.15, 0.2) is 0 Å². The average molecular weight is 346 g/mol. The number of fused-ring (bicyclic) bond motifs is 3. The molecule has 0 saturated heterocycles. The van der Waals surface area contributed by atoms with Crippen LogP contribution in [0.25, 0.3) is 10.2 Å². The Labute approximate surface area is 143 Å². The minimum Gasteiger partial charge on any atom is -0.508 e. The summed E-state index contributed by atoms with van der Waals surface area (Å²) >= 11 is 7.90. The number of hydrogen-bond donors (Lipinski definition) is 1. The first-order valence-electron chi connectivity index (χ1n) is 7.64. The minimum atomic E-state index is 0.251. The van der Waals surface area contributed by atoms with Crippen molar-refractivity contribution >= 4 is 44.7 Å². The van der Waals surface area contributed by atoms with Crippen LogP contribution in [0.1, 0.15) is 23.3 Å². The van der Waals surface area contributed by atoms with Gasteiger partial charge in [-0.2, -0.15) is 4.98 Å². The molecule has 1 aromatic carbocycles. The number of aryl methyl sites for hydroxylation is 2. The molecule has 0 bridgehead atoms. The van der Waals surface area contributed by atoms with Gasteiger partial charge in [0.25, 0.3) is 0 Å². The molecule has 3 aromatic rings. The third-order valence-corrected chi connectivity index (χ3v) is 5.68. The van der Waals surface area contributed by atoms with Gasteiger partial charge >= 0.3 is 0 Å². The highest BCUT2D eigenvalue weighted by Gasteiger charge is 2.23. The van der Waals surface area contributed by atoms with E-state index in [4.69, 9.17) is 11.6 Å². The van der Waals surface area contributed by atoms with E-state index in [1.54, 1.807) is 23.5 Å². The molecule has 0 amide bonds. The second kappa shape index (κ2) is 5.65. The van der Waals surface area contributed by atoms with Gasteiger partial charge in [-0.1, -0.05) is 0 Å². The normalized spacial score (nSPS) is 14.0. The first-order chi connectivity index (χ1) is 11.1. The molecule has 4 rings (SSSR count). The molecule has 1 aliphatic carbocycles. The van der Waals surface area contributed by atoms with Gasteiger partial charge in [-0.25, -0.2) is 4.98 Å². The topological polar surface area (TPSA) is 49.2 Å². The third kappa shape index (κ3) is 2.54. The number of benzene rings is 1. The zero-order valence-corrected chi connectivity index (χ0v) is 14.3. The monoisotopic (exact) mass is 345 g/mol. The zero-order valence-electron chi connectivity index (χ0n) is 12.7. The molecular weight excluding hydrogens is 330 g/mol. The fraction of sp³-hybridized carbons (Fsp3) is 0.294. The molecule has 1 N–H and O–H groups in total. The van der Waals surface area contributed by atoms with E-state index in [0.717, 1.165) is 34.6 Å². The van der Waals surface area contributed by atoms with E-state index in [1.165, 1.54) is 23.3 Å². The quantitative estimate of drug-likeness (QED) is 0.684. The Morgan fingerprint density at radius 3 is 2.65 bits per heavy atom. The van der Waals surface area contributed by atoms with Crippen LogP contribution in [0, 0.1) is 0 Å². The predicted octanol–water partition coefficient (Wildman–Crippen LogP) is 4.70. The lowest BCUT2D eigenvalue weighted by atomic mass is 9.97. The van der Waals surface area contributed by atoms with E-state index in [2.05, 4.69) is 9.97 Å². The van der Waals surface area contributed by atoms with Crippen LogP contribution in [0.2, 0.25) is 5.28 Å². The van der Waals surface area contributed by atoms with Crippen molar-refractivity contribution in [1.29, 1.82) is 0 Å². The van der Waals surface area contributed by atoms with Gasteiger partial charge in [0.1, 0.15) is 16.4 Å². The molecule has 2 aromatic heterocycles. The van der Waals surface area contributed by atoms with Crippen molar-refractivity contribution in [3.63, 3.8) is 0 Å². The number of halogens is 1. The van der Waals surface area contributed by atoms with Crippen LogP contribution in [0.5, 0.6) is 5.75 Å². The number of aromatic hydroxyl groups is 1. The highest BCUT2D eigenvalue weighted by Crippen LogP contribution is 2.41. The predicted molar refractivity (Wildman–Crippen MR) is 95.2 cm³/mol. The highest BCUT2D eigenvalue weighted by molar-refractivity contribution is 7.19. The lowest BCUT2D eigenvalue weighted by Gasteiger charge is -2.20. The fourth-order valence-electron chi connectivity index (χ4n) is 3.15. The number of phenolic OH excluding ortho intramolecular Hbond substituents is 1. The number of nitrogens with zero attached hydrogens (tertiary/aromatic N) is 3. The summed E-state index contributed by atoms with van der Waals surface area (Å²) in [5, 5.41) is 10.9. The van der Waals surface area contributed by atoms with E-state index in [1.807, 2.05) is 24.1 Å². The SMILES string of the molecule is CN(c1ccc(O)cc1)c1nc(Cl)nc2sc3c(c12)CCCC3. The Morgan fingerprint density at radius 1 is 1.13 bits per heavy atom. The molecule has 0 aliphatic heterocycles. The largest absolute Gasteiger partial charge is 0.508 e. The maximum Gasteiger partial charge on any atom is 0.225 e. The van der Waals surface area contributed by atoms with Gasteiger partial charge in [0.05, 0.1) is 5.39 Å². The molecule has 0 saturated carbocycles. The number of phenols is 1. The second-order valence-corrected chi connectivity index (χ2v) is 7.20. The Kier molecular flexibility index (Phi) is 3.62. The summed E-state index contributed by atoms with van der Waals surface area (Å²) in [6, 6.07) is 7.09. The summed E-state index contributed by atoms with van der Waals surface area (Å²) in [4.78, 5) is 13.3. The van der Waals surface area contributed by atoms with Crippen molar-refractivity contribution < 1.29 is 5.11 Å². The van der Waals surface area contributed by atoms with Crippen molar-refractivity contribution in [3.8, 4) is 5.75 Å². The van der Waals surface area contributed by atoms with Gasteiger partial charge in [-0.3, -0.25) is 0 Å². The maximum atomic E-state index is 9.49. The Morgan fingerprint density at radius 2 is 1.87 bits per heavy atom. The number of anilines is 2. The molecule has 6 heteroatoms.